The Balaban J connectivity index is 0.000000452. The van der Waals surface area contributed by atoms with Gasteiger partial charge in [0.05, 0.1) is 25.4 Å². The highest BCUT2D eigenvalue weighted by Gasteiger charge is 2.10. The molecule has 2 aromatic rings. The molecule has 1 atom stereocenters. The first kappa shape index (κ1) is 28.7. The van der Waals surface area contributed by atoms with Gasteiger partial charge in [0.25, 0.3) is 0 Å². The summed E-state index contributed by atoms with van der Waals surface area (Å²) in [7, 11) is 0. The molecule has 0 radical (unpaired) electrons. The monoisotopic (exact) mass is 447 g/mol. The zero-order chi connectivity index (χ0) is 24.2. The van der Waals surface area contributed by atoms with Gasteiger partial charge in [0.1, 0.15) is 11.7 Å². The van der Waals surface area contributed by atoms with Gasteiger partial charge in [-0.15, -0.1) is 0 Å². The fraction of sp³-hybridized carbons (Fsp3) is 0.435. The maximum atomic E-state index is 11.0. The molecule has 9 heteroatoms. The van der Waals surface area contributed by atoms with E-state index in [4.69, 9.17) is 19.9 Å². The van der Waals surface area contributed by atoms with Crippen molar-refractivity contribution in [2.45, 2.75) is 46.6 Å². The third-order valence-corrected chi connectivity index (χ3v) is 3.53. The molecule has 2 N–H and O–H groups in total. The number of hydrogen-bond donors (Lipinski definition) is 1. The minimum Gasteiger partial charge on any atom is -0.465 e. The van der Waals surface area contributed by atoms with E-state index in [1.165, 1.54) is 0 Å². The molecule has 0 spiro atoms. The number of pyridine rings is 2. The van der Waals surface area contributed by atoms with Gasteiger partial charge >= 0.3 is 17.9 Å². The van der Waals surface area contributed by atoms with Crippen molar-refractivity contribution in [2.24, 2.45) is 5.73 Å². The summed E-state index contributed by atoms with van der Waals surface area (Å²) < 4.78 is 14.3. The second kappa shape index (κ2) is 18.4. The molecule has 0 aromatic carbocycles. The van der Waals surface area contributed by atoms with Gasteiger partial charge in [-0.05, 0) is 51.0 Å². The molecule has 0 unspecified atom stereocenters. The second-order valence-corrected chi connectivity index (χ2v) is 6.07. The lowest BCUT2D eigenvalue weighted by atomic mass is 10.2. The third-order valence-electron chi connectivity index (χ3n) is 3.53. The number of ether oxygens (including phenoxy) is 3. The first-order chi connectivity index (χ1) is 15.4. The highest BCUT2D eigenvalue weighted by Crippen LogP contribution is 1.98. The number of carbonyl (C=O) groups is 3. The van der Waals surface area contributed by atoms with Crippen LogP contribution in [0.25, 0.3) is 0 Å². The zero-order valence-electron chi connectivity index (χ0n) is 19.2. The Morgan fingerprint density at radius 1 is 0.875 bits per heavy atom. The minimum absolute atomic E-state index is 0.288. The van der Waals surface area contributed by atoms with Crippen LogP contribution in [0.1, 0.15) is 61.4 Å². The summed E-state index contributed by atoms with van der Waals surface area (Å²) >= 11 is 0. The Bertz CT molecular complexity index is 718. The molecule has 0 bridgehead atoms. The summed E-state index contributed by atoms with van der Waals surface area (Å²) in [5.41, 5.74) is 6.28. The quantitative estimate of drug-likeness (QED) is 0.479. The average molecular weight is 448 g/mol. The number of hydrogen-bond acceptors (Lipinski definition) is 9. The summed E-state index contributed by atoms with van der Waals surface area (Å²) in [6.45, 7) is 8.62. The van der Waals surface area contributed by atoms with E-state index in [-0.39, 0.29) is 17.9 Å². The fourth-order valence-corrected chi connectivity index (χ4v) is 1.87. The summed E-state index contributed by atoms with van der Waals surface area (Å²) in [5.74, 6) is -0.952. The maximum Gasteiger partial charge on any atom is 0.356 e. The molecule has 0 aliphatic heterocycles. The molecule has 176 valence electrons. The van der Waals surface area contributed by atoms with Gasteiger partial charge in [0, 0.05) is 18.6 Å². The third kappa shape index (κ3) is 13.1. The molecule has 0 aliphatic rings. The first-order valence-corrected chi connectivity index (χ1v) is 10.5. The van der Waals surface area contributed by atoms with Crippen molar-refractivity contribution < 1.29 is 28.6 Å². The molecular formula is C23H33N3O6. The summed E-state index contributed by atoms with van der Waals surface area (Å²) in [5, 5.41) is 0. The van der Waals surface area contributed by atoms with E-state index in [0.29, 0.717) is 37.5 Å². The number of nitrogens with two attached hydrogens (primary N) is 1. The van der Waals surface area contributed by atoms with Crippen LogP contribution in [0.15, 0.2) is 48.9 Å². The lowest BCUT2D eigenvalue weighted by Crippen LogP contribution is -2.31. The van der Waals surface area contributed by atoms with Crippen molar-refractivity contribution in [3.8, 4) is 0 Å². The minimum atomic E-state index is -0.438. The van der Waals surface area contributed by atoms with Crippen molar-refractivity contribution >= 4 is 17.9 Å². The lowest BCUT2D eigenvalue weighted by Gasteiger charge is -2.07. The smallest absolute Gasteiger partial charge is 0.356 e. The van der Waals surface area contributed by atoms with Crippen LogP contribution in [0.5, 0.6) is 0 Å². The van der Waals surface area contributed by atoms with Crippen LogP contribution >= 0.6 is 0 Å². The van der Waals surface area contributed by atoms with E-state index in [0.717, 1.165) is 6.42 Å². The van der Waals surface area contributed by atoms with E-state index >= 15 is 0 Å². The van der Waals surface area contributed by atoms with Crippen LogP contribution in [0.4, 0.5) is 0 Å². The Labute approximate surface area is 189 Å². The van der Waals surface area contributed by atoms with E-state index in [2.05, 4.69) is 9.97 Å². The van der Waals surface area contributed by atoms with Crippen molar-refractivity contribution in [2.75, 3.05) is 19.8 Å². The van der Waals surface area contributed by atoms with E-state index < -0.39 is 6.04 Å². The highest BCUT2D eigenvalue weighted by atomic mass is 16.5. The molecule has 2 rings (SSSR count). The van der Waals surface area contributed by atoms with Crippen molar-refractivity contribution in [3.05, 3.63) is 60.2 Å². The summed E-state index contributed by atoms with van der Waals surface area (Å²) in [6, 6.07) is 7.93. The van der Waals surface area contributed by atoms with E-state index in [1.54, 1.807) is 62.8 Å². The number of nitrogens with zero attached hydrogens (tertiary/aromatic N) is 2. The van der Waals surface area contributed by atoms with Gasteiger partial charge in [0.2, 0.25) is 0 Å². The van der Waals surface area contributed by atoms with Crippen LogP contribution in [-0.2, 0) is 19.0 Å². The summed E-state index contributed by atoms with van der Waals surface area (Å²) in [4.78, 5) is 40.3. The Kier molecular flexibility index (Phi) is 16.5. The fourth-order valence-electron chi connectivity index (χ4n) is 1.87. The molecule has 0 amide bonds. The lowest BCUT2D eigenvalue weighted by molar-refractivity contribution is -0.145. The molecule has 0 aliphatic carbocycles. The van der Waals surface area contributed by atoms with Gasteiger partial charge in [-0.1, -0.05) is 19.9 Å². The molecule has 0 saturated heterocycles. The van der Waals surface area contributed by atoms with Gasteiger partial charge in [-0.2, -0.15) is 0 Å². The predicted octanol–water partition coefficient (Wildman–Crippen LogP) is 3.19. The number of esters is 3. The van der Waals surface area contributed by atoms with Crippen LogP contribution in [0.2, 0.25) is 0 Å². The van der Waals surface area contributed by atoms with E-state index in [9.17, 15) is 14.4 Å². The average Bonchev–Trinajstić information content (AvgIpc) is 2.84. The van der Waals surface area contributed by atoms with E-state index in [1.807, 2.05) is 13.8 Å². The number of rotatable bonds is 8. The standard InChI is InChI=1S/2C8H9NO2.C7H15NO2/c1-2-11-8(10)7-3-5-9-6-4-7;1-2-11-8(10)7-5-3-4-6-9-7;1-3-5-10-7(9)6(8)4-2/h2*3-6H,2H2,1H3;6H,3-5,8H2,1-2H3/t;;6-/m..0/s1. The van der Waals surface area contributed by atoms with Crippen molar-refractivity contribution in [3.63, 3.8) is 0 Å². The Morgan fingerprint density at radius 3 is 2.00 bits per heavy atom. The molecule has 9 nitrogen and oxygen atoms in total. The summed E-state index contributed by atoms with van der Waals surface area (Å²) in [6.07, 6.45) is 6.18. The second-order valence-electron chi connectivity index (χ2n) is 6.07. The molecule has 2 heterocycles. The normalized spacial score (nSPS) is 10.3. The van der Waals surface area contributed by atoms with Gasteiger partial charge < -0.3 is 19.9 Å². The first-order valence-electron chi connectivity index (χ1n) is 10.5. The molecule has 32 heavy (non-hydrogen) atoms. The molecule has 0 fully saturated rings. The largest absolute Gasteiger partial charge is 0.465 e. The maximum absolute atomic E-state index is 11.0. The van der Waals surface area contributed by atoms with Gasteiger partial charge in [0.15, 0.2) is 0 Å². The van der Waals surface area contributed by atoms with Crippen LogP contribution < -0.4 is 5.73 Å². The highest BCUT2D eigenvalue weighted by molar-refractivity contribution is 5.89. The zero-order valence-corrected chi connectivity index (χ0v) is 19.2. The topological polar surface area (TPSA) is 131 Å². The van der Waals surface area contributed by atoms with Crippen molar-refractivity contribution in [1.29, 1.82) is 0 Å². The Hall–Kier alpha value is -3.33. The molecule has 0 saturated carbocycles. The van der Waals surface area contributed by atoms with Crippen molar-refractivity contribution in [1.82, 2.24) is 9.97 Å². The molecule has 2 aromatic heterocycles. The van der Waals surface area contributed by atoms with Gasteiger partial charge in [-0.25, -0.2) is 14.6 Å². The predicted molar refractivity (Wildman–Crippen MR) is 120 cm³/mol. The number of carbonyl (C=O) groups excluding carboxylic acids is 3. The Morgan fingerprint density at radius 2 is 1.50 bits per heavy atom. The van der Waals surface area contributed by atoms with Crippen LogP contribution in [-0.4, -0.2) is 53.7 Å². The molecular weight excluding hydrogens is 414 g/mol. The SMILES string of the molecule is CCCOC(=O)[C@@H](N)CC.CCOC(=O)c1ccccn1.CCOC(=O)c1ccncc1. The van der Waals surface area contributed by atoms with Crippen LogP contribution in [0.3, 0.4) is 0 Å². The van der Waals surface area contributed by atoms with Crippen LogP contribution in [0, 0.1) is 0 Å². The number of aromatic nitrogens is 2. The van der Waals surface area contributed by atoms with Gasteiger partial charge in [-0.3, -0.25) is 9.78 Å².